The zero-order valence-corrected chi connectivity index (χ0v) is 13.3. The molecule has 116 valence electrons. The van der Waals surface area contributed by atoms with E-state index in [1.54, 1.807) is 6.92 Å². The Kier molecular flexibility index (Phi) is 7.99. The van der Waals surface area contributed by atoms with Crippen molar-refractivity contribution in [1.82, 2.24) is 4.90 Å². The highest BCUT2D eigenvalue weighted by molar-refractivity contribution is 8.00. The van der Waals surface area contributed by atoms with Crippen molar-refractivity contribution in [2.45, 2.75) is 51.1 Å². The van der Waals surface area contributed by atoms with E-state index in [1.165, 1.54) is 31.0 Å². The summed E-state index contributed by atoms with van der Waals surface area (Å²) in [5, 5.41) is 0. The first-order chi connectivity index (χ1) is 9.56. The third-order valence-corrected chi connectivity index (χ3v) is 4.67. The molecule has 1 rings (SSSR count). The summed E-state index contributed by atoms with van der Waals surface area (Å²) in [6, 6.07) is -0.261. The molecular weight excluding hydrogens is 276 g/mol. The Morgan fingerprint density at radius 3 is 2.60 bits per heavy atom. The predicted octanol–water partition coefficient (Wildman–Crippen LogP) is 1.40. The van der Waals surface area contributed by atoms with Gasteiger partial charge in [-0.15, -0.1) is 11.8 Å². The largest absolute Gasteiger partial charge is 0.465 e. The van der Waals surface area contributed by atoms with Gasteiger partial charge in [-0.25, -0.2) is 0 Å². The second kappa shape index (κ2) is 9.23. The molecule has 1 atom stereocenters. The average molecular weight is 302 g/mol. The van der Waals surface area contributed by atoms with Crippen LogP contribution >= 0.6 is 11.8 Å². The topological polar surface area (TPSA) is 72.6 Å². The molecule has 20 heavy (non-hydrogen) atoms. The van der Waals surface area contributed by atoms with E-state index in [1.807, 2.05) is 11.9 Å². The van der Waals surface area contributed by atoms with Gasteiger partial charge in [-0.2, -0.15) is 0 Å². The van der Waals surface area contributed by atoms with Gasteiger partial charge in [-0.3, -0.25) is 9.59 Å². The van der Waals surface area contributed by atoms with Crippen LogP contribution in [0.1, 0.15) is 39.0 Å². The van der Waals surface area contributed by atoms with E-state index < -0.39 is 12.0 Å². The van der Waals surface area contributed by atoms with E-state index in [0.29, 0.717) is 24.2 Å². The molecule has 0 aliphatic heterocycles. The van der Waals surface area contributed by atoms with Gasteiger partial charge in [-0.1, -0.05) is 19.3 Å². The number of hydrogen-bond donors (Lipinski definition) is 1. The molecule has 0 bridgehead atoms. The number of amides is 1. The number of carbonyl (C=O) groups is 2. The van der Waals surface area contributed by atoms with Crippen molar-refractivity contribution in [1.29, 1.82) is 0 Å². The number of ether oxygens (including phenoxy) is 1. The number of nitrogens with two attached hydrogens (primary N) is 1. The lowest BCUT2D eigenvalue weighted by Gasteiger charge is -2.31. The highest BCUT2D eigenvalue weighted by Gasteiger charge is 2.22. The Bertz CT molecular complexity index is 320. The highest BCUT2D eigenvalue weighted by atomic mass is 32.2. The van der Waals surface area contributed by atoms with Crippen LogP contribution in [0.15, 0.2) is 0 Å². The first kappa shape index (κ1) is 17.3. The second-order valence-electron chi connectivity index (χ2n) is 5.17. The lowest BCUT2D eigenvalue weighted by molar-refractivity contribution is -0.144. The molecule has 0 aromatic carbocycles. The van der Waals surface area contributed by atoms with E-state index in [4.69, 9.17) is 10.5 Å². The van der Waals surface area contributed by atoms with Crippen molar-refractivity contribution in [2.24, 2.45) is 5.73 Å². The summed E-state index contributed by atoms with van der Waals surface area (Å²) in [4.78, 5) is 25.3. The Labute approximate surface area is 125 Å². The molecule has 5 nitrogen and oxygen atoms in total. The monoisotopic (exact) mass is 302 g/mol. The Balaban J connectivity index is 2.23. The van der Waals surface area contributed by atoms with Crippen LogP contribution in [-0.2, 0) is 14.3 Å². The standard InChI is InChI=1S/C14H26N2O3S/c1-3-19-14(18)12(15)9-20-10-13(17)16(2)11-7-5-4-6-8-11/h11-12H,3-10,15H2,1-2H3. The maximum atomic E-state index is 12.1. The van der Waals surface area contributed by atoms with Crippen LogP contribution in [-0.4, -0.2) is 54.0 Å². The lowest BCUT2D eigenvalue weighted by atomic mass is 9.94. The van der Waals surface area contributed by atoms with Gasteiger partial charge in [0.1, 0.15) is 6.04 Å². The van der Waals surface area contributed by atoms with Gasteiger partial charge in [-0.05, 0) is 19.8 Å². The van der Waals surface area contributed by atoms with Crippen LogP contribution in [0.2, 0.25) is 0 Å². The van der Waals surface area contributed by atoms with Gasteiger partial charge in [0.2, 0.25) is 5.91 Å². The molecule has 0 heterocycles. The Hall–Kier alpha value is -0.750. The summed E-state index contributed by atoms with van der Waals surface area (Å²) < 4.78 is 4.83. The molecule has 1 unspecified atom stereocenters. The third-order valence-electron chi connectivity index (χ3n) is 3.63. The number of rotatable bonds is 7. The van der Waals surface area contributed by atoms with Crippen molar-refractivity contribution < 1.29 is 14.3 Å². The molecule has 2 N–H and O–H groups in total. The zero-order chi connectivity index (χ0) is 15.0. The fourth-order valence-corrected chi connectivity index (χ4v) is 3.25. The van der Waals surface area contributed by atoms with Crippen LogP contribution in [0.3, 0.4) is 0 Å². The molecule has 6 heteroatoms. The van der Waals surface area contributed by atoms with Crippen molar-refractivity contribution in [2.75, 3.05) is 25.2 Å². The SMILES string of the molecule is CCOC(=O)C(N)CSCC(=O)N(C)C1CCCCC1. The van der Waals surface area contributed by atoms with E-state index in [-0.39, 0.29) is 5.91 Å². The first-order valence-electron chi connectivity index (χ1n) is 7.31. The van der Waals surface area contributed by atoms with E-state index in [2.05, 4.69) is 0 Å². The molecule has 0 aromatic rings. The number of carbonyl (C=O) groups excluding carboxylic acids is 2. The summed E-state index contributed by atoms with van der Waals surface area (Å²) in [5.41, 5.74) is 5.69. The number of nitrogens with zero attached hydrogens (tertiary/aromatic N) is 1. The minimum atomic E-state index is -0.646. The Morgan fingerprint density at radius 2 is 2.00 bits per heavy atom. The second-order valence-corrected chi connectivity index (χ2v) is 6.20. The van der Waals surface area contributed by atoms with Gasteiger partial charge in [0.25, 0.3) is 0 Å². The van der Waals surface area contributed by atoms with Crippen LogP contribution < -0.4 is 5.73 Å². The lowest BCUT2D eigenvalue weighted by Crippen LogP contribution is -2.40. The van der Waals surface area contributed by atoms with E-state index >= 15 is 0 Å². The van der Waals surface area contributed by atoms with Gasteiger partial charge >= 0.3 is 5.97 Å². The summed E-state index contributed by atoms with van der Waals surface area (Å²) in [6.45, 7) is 2.08. The van der Waals surface area contributed by atoms with E-state index in [9.17, 15) is 9.59 Å². The highest BCUT2D eigenvalue weighted by Crippen LogP contribution is 2.22. The summed E-state index contributed by atoms with van der Waals surface area (Å²) in [7, 11) is 1.88. The minimum Gasteiger partial charge on any atom is -0.465 e. The number of hydrogen-bond acceptors (Lipinski definition) is 5. The fourth-order valence-electron chi connectivity index (χ4n) is 2.36. The molecule has 0 spiro atoms. The number of esters is 1. The van der Waals surface area contributed by atoms with Gasteiger partial charge in [0, 0.05) is 18.8 Å². The quantitative estimate of drug-likeness (QED) is 0.720. The van der Waals surface area contributed by atoms with Crippen molar-refractivity contribution in [3.05, 3.63) is 0 Å². The molecular formula is C14H26N2O3S. The van der Waals surface area contributed by atoms with E-state index in [0.717, 1.165) is 12.8 Å². The zero-order valence-electron chi connectivity index (χ0n) is 12.5. The normalized spacial score (nSPS) is 17.6. The summed E-state index contributed by atoms with van der Waals surface area (Å²) in [5.74, 6) is 0.523. The summed E-state index contributed by atoms with van der Waals surface area (Å²) >= 11 is 1.40. The molecule has 0 saturated heterocycles. The number of thioether (sulfide) groups is 1. The smallest absolute Gasteiger partial charge is 0.323 e. The molecule has 1 amide bonds. The molecule has 1 aliphatic rings. The van der Waals surface area contributed by atoms with Crippen molar-refractivity contribution >= 4 is 23.6 Å². The minimum absolute atomic E-state index is 0.123. The molecule has 1 saturated carbocycles. The van der Waals surface area contributed by atoms with Crippen molar-refractivity contribution in [3.8, 4) is 0 Å². The van der Waals surface area contributed by atoms with Crippen LogP contribution in [0.5, 0.6) is 0 Å². The maximum absolute atomic E-state index is 12.1. The molecule has 0 radical (unpaired) electrons. The predicted molar refractivity (Wildman–Crippen MR) is 81.6 cm³/mol. The van der Waals surface area contributed by atoms with Gasteiger partial charge in [0.05, 0.1) is 12.4 Å². The molecule has 0 aromatic heterocycles. The van der Waals surface area contributed by atoms with Crippen molar-refractivity contribution in [3.63, 3.8) is 0 Å². The molecule has 1 fully saturated rings. The van der Waals surface area contributed by atoms with Gasteiger partial charge in [0.15, 0.2) is 0 Å². The van der Waals surface area contributed by atoms with Gasteiger partial charge < -0.3 is 15.4 Å². The maximum Gasteiger partial charge on any atom is 0.323 e. The van der Waals surface area contributed by atoms with Crippen LogP contribution in [0.4, 0.5) is 0 Å². The Morgan fingerprint density at radius 1 is 1.35 bits per heavy atom. The van der Waals surface area contributed by atoms with Crippen LogP contribution in [0.25, 0.3) is 0 Å². The summed E-state index contributed by atoms with van der Waals surface area (Å²) in [6.07, 6.45) is 5.92. The van der Waals surface area contributed by atoms with Crippen LogP contribution in [0, 0.1) is 0 Å². The average Bonchev–Trinajstić information content (AvgIpc) is 2.47. The fraction of sp³-hybridized carbons (Fsp3) is 0.857. The first-order valence-corrected chi connectivity index (χ1v) is 8.47. The molecule has 1 aliphatic carbocycles. The third kappa shape index (κ3) is 5.71.